The summed E-state index contributed by atoms with van der Waals surface area (Å²) in [5.74, 6) is 0. The van der Waals surface area contributed by atoms with Crippen LogP contribution >= 0.6 is 22.6 Å². The fourth-order valence-corrected chi connectivity index (χ4v) is 1.98. The smallest absolute Gasteiger partial charge is 0.0757 e. The zero-order chi connectivity index (χ0) is 9.68. The molecule has 74 valence electrons. The van der Waals surface area contributed by atoms with Gasteiger partial charge in [-0.1, -0.05) is 26.7 Å². The SMILES string of the molecule is CCCCn1cc(I)c(CCC)n1. The highest BCUT2D eigenvalue weighted by Gasteiger charge is 2.04. The third kappa shape index (κ3) is 3.29. The molecular weight excluding hydrogens is 275 g/mol. The Morgan fingerprint density at radius 3 is 2.77 bits per heavy atom. The molecule has 0 unspecified atom stereocenters. The van der Waals surface area contributed by atoms with Crippen LogP contribution in [0.5, 0.6) is 0 Å². The topological polar surface area (TPSA) is 17.8 Å². The summed E-state index contributed by atoms with van der Waals surface area (Å²) in [6, 6.07) is 0. The fourth-order valence-electron chi connectivity index (χ4n) is 1.28. The van der Waals surface area contributed by atoms with E-state index >= 15 is 0 Å². The van der Waals surface area contributed by atoms with E-state index in [2.05, 4.69) is 52.4 Å². The van der Waals surface area contributed by atoms with Gasteiger partial charge in [0.25, 0.3) is 0 Å². The Morgan fingerprint density at radius 1 is 1.38 bits per heavy atom. The molecule has 3 heteroatoms. The highest BCUT2D eigenvalue weighted by molar-refractivity contribution is 14.1. The van der Waals surface area contributed by atoms with Crippen molar-refractivity contribution in [2.75, 3.05) is 0 Å². The lowest BCUT2D eigenvalue weighted by Crippen LogP contribution is -1.98. The molecular formula is C10H17IN2. The van der Waals surface area contributed by atoms with Gasteiger partial charge in [-0.2, -0.15) is 5.10 Å². The third-order valence-corrected chi connectivity index (χ3v) is 2.92. The lowest BCUT2D eigenvalue weighted by Gasteiger charge is -1.97. The Hall–Kier alpha value is -0.0600. The molecule has 1 aromatic heterocycles. The molecule has 0 aliphatic heterocycles. The molecule has 0 atom stereocenters. The molecule has 0 aromatic carbocycles. The molecule has 0 fully saturated rings. The van der Waals surface area contributed by atoms with Crippen LogP contribution in [0.15, 0.2) is 6.20 Å². The molecule has 0 amide bonds. The van der Waals surface area contributed by atoms with Crippen LogP contribution in [0.25, 0.3) is 0 Å². The number of unbranched alkanes of at least 4 members (excludes halogenated alkanes) is 1. The molecule has 0 N–H and O–H groups in total. The number of aryl methyl sites for hydroxylation is 2. The van der Waals surface area contributed by atoms with Crippen molar-refractivity contribution in [2.24, 2.45) is 0 Å². The van der Waals surface area contributed by atoms with Crippen molar-refractivity contribution in [3.05, 3.63) is 15.5 Å². The molecule has 0 aliphatic carbocycles. The van der Waals surface area contributed by atoms with E-state index in [0.717, 1.165) is 13.0 Å². The Labute approximate surface area is 93.9 Å². The molecule has 0 saturated heterocycles. The van der Waals surface area contributed by atoms with Crippen molar-refractivity contribution in [3.8, 4) is 0 Å². The van der Waals surface area contributed by atoms with Crippen LogP contribution in [0.4, 0.5) is 0 Å². The van der Waals surface area contributed by atoms with Crippen LogP contribution in [0.1, 0.15) is 38.8 Å². The first-order valence-electron chi connectivity index (χ1n) is 4.99. The molecule has 0 spiro atoms. The highest BCUT2D eigenvalue weighted by atomic mass is 127. The Kier molecular flexibility index (Phi) is 4.77. The average Bonchev–Trinajstić information content (AvgIpc) is 2.45. The van der Waals surface area contributed by atoms with Crippen LogP contribution in [0.3, 0.4) is 0 Å². The second-order valence-electron chi connectivity index (χ2n) is 3.29. The van der Waals surface area contributed by atoms with Crippen LogP contribution < -0.4 is 0 Å². The monoisotopic (exact) mass is 292 g/mol. The van der Waals surface area contributed by atoms with E-state index in [-0.39, 0.29) is 0 Å². The van der Waals surface area contributed by atoms with Gasteiger partial charge in [-0.15, -0.1) is 0 Å². The minimum atomic E-state index is 1.07. The minimum Gasteiger partial charge on any atom is -0.271 e. The number of hydrogen-bond donors (Lipinski definition) is 0. The standard InChI is InChI=1S/C10H17IN2/c1-3-5-7-13-8-9(11)10(12-13)6-4-2/h8H,3-7H2,1-2H3. The van der Waals surface area contributed by atoms with Gasteiger partial charge in [-0.05, 0) is 35.4 Å². The van der Waals surface area contributed by atoms with Crippen molar-refractivity contribution >= 4 is 22.6 Å². The van der Waals surface area contributed by atoms with E-state index in [1.807, 2.05) is 0 Å². The first kappa shape index (κ1) is 11.0. The summed E-state index contributed by atoms with van der Waals surface area (Å²) in [4.78, 5) is 0. The maximum absolute atomic E-state index is 4.55. The van der Waals surface area contributed by atoms with Gasteiger partial charge in [0.2, 0.25) is 0 Å². The molecule has 2 nitrogen and oxygen atoms in total. The lowest BCUT2D eigenvalue weighted by atomic mass is 10.3. The van der Waals surface area contributed by atoms with Gasteiger partial charge in [0, 0.05) is 12.7 Å². The summed E-state index contributed by atoms with van der Waals surface area (Å²) in [7, 11) is 0. The van der Waals surface area contributed by atoms with Gasteiger partial charge >= 0.3 is 0 Å². The van der Waals surface area contributed by atoms with Gasteiger partial charge in [0.1, 0.15) is 0 Å². The predicted octanol–water partition coefficient (Wildman–Crippen LogP) is 3.24. The highest BCUT2D eigenvalue weighted by Crippen LogP contribution is 2.12. The van der Waals surface area contributed by atoms with Gasteiger partial charge in [0.05, 0.1) is 9.26 Å². The molecule has 0 radical (unpaired) electrons. The van der Waals surface area contributed by atoms with E-state index in [9.17, 15) is 0 Å². The number of hydrogen-bond acceptors (Lipinski definition) is 1. The number of halogens is 1. The third-order valence-electron chi connectivity index (χ3n) is 2.01. The lowest BCUT2D eigenvalue weighted by molar-refractivity contribution is 0.564. The zero-order valence-corrected chi connectivity index (χ0v) is 10.5. The largest absolute Gasteiger partial charge is 0.271 e. The van der Waals surface area contributed by atoms with Gasteiger partial charge in [-0.3, -0.25) is 4.68 Å². The summed E-state index contributed by atoms with van der Waals surface area (Å²) < 4.78 is 3.39. The van der Waals surface area contributed by atoms with E-state index in [1.54, 1.807) is 0 Å². The molecule has 1 aromatic rings. The average molecular weight is 292 g/mol. The molecule has 0 aliphatic rings. The van der Waals surface area contributed by atoms with E-state index in [1.165, 1.54) is 28.5 Å². The van der Waals surface area contributed by atoms with E-state index in [0.29, 0.717) is 0 Å². The van der Waals surface area contributed by atoms with E-state index < -0.39 is 0 Å². The van der Waals surface area contributed by atoms with Crippen LogP contribution in [-0.4, -0.2) is 9.78 Å². The van der Waals surface area contributed by atoms with Crippen LogP contribution in [-0.2, 0) is 13.0 Å². The summed E-state index contributed by atoms with van der Waals surface area (Å²) in [6.45, 7) is 5.47. The maximum atomic E-state index is 4.55. The molecule has 1 rings (SSSR count). The Bertz CT molecular complexity index is 255. The van der Waals surface area contributed by atoms with E-state index in [4.69, 9.17) is 0 Å². The number of nitrogens with zero attached hydrogens (tertiary/aromatic N) is 2. The van der Waals surface area contributed by atoms with Gasteiger partial charge in [-0.25, -0.2) is 0 Å². The summed E-state index contributed by atoms with van der Waals surface area (Å²) in [5, 5.41) is 4.55. The Morgan fingerprint density at radius 2 is 2.15 bits per heavy atom. The number of aromatic nitrogens is 2. The summed E-state index contributed by atoms with van der Waals surface area (Å²) in [6.07, 6.45) is 6.91. The van der Waals surface area contributed by atoms with Crippen molar-refractivity contribution < 1.29 is 0 Å². The molecule has 1 heterocycles. The van der Waals surface area contributed by atoms with Crippen molar-refractivity contribution in [3.63, 3.8) is 0 Å². The van der Waals surface area contributed by atoms with Crippen molar-refractivity contribution in [2.45, 2.75) is 46.1 Å². The van der Waals surface area contributed by atoms with Crippen molar-refractivity contribution in [1.82, 2.24) is 9.78 Å². The maximum Gasteiger partial charge on any atom is 0.0757 e. The minimum absolute atomic E-state index is 1.07. The quantitative estimate of drug-likeness (QED) is 0.762. The number of rotatable bonds is 5. The fraction of sp³-hybridized carbons (Fsp3) is 0.700. The normalized spacial score (nSPS) is 10.7. The summed E-state index contributed by atoms with van der Waals surface area (Å²) >= 11 is 2.37. The second kappa shape index (κ2) is 5.62. The second-order valence-corrected chi connectivity index (χ2v) is 4.45. The first-order valence-corrected chi connectivity index (χ1v) is 6.07. The van der Waals surface area contributed by atoms with Crippen LogP contribution in [0, 0.1) is 3.57 Å². The molecule has 13 heavy (non-hydrogen) atoms. The summed E-state index contributed by atoms with van der Waals surface area (Å²) in [5.41, 5.74) is 1.26. The Balaban J connectivity index is 2.59. The zero-order valence-electron chi connectivity index (χ0n) is 8.39. The van der Waals surface area contributed by atoms with Crippen molar-refractivity contribution in [1.29, 1.82) is 0 Å². The van der Waals surface area contributed by atoms with Gasteiger partial charge in [0.15, 0.2) is 0 Å². The predicted molar refractivity (Wildman–Crippen MR) is 63.8 cm³/mol. The molecule has 0 saturated carbocycles. The first-order chi connectivity index (χ1) is 6.27. The molecule has 0 bridgehead atoms. The van der Waals surface area contributed by atoms with Gasteiger partial charge < -0.3 is 0 Å². The van der Waals surface area contributed by atoms with Crippen LogP contribution in [0.2, 0.25) is 0 Å².